The molecule has 0 aliphatic carbocycles. The molecule has 0 saturated carbocycles. The van der Waals surface area contributed by atoms with Crippen LogP contribution in [0.3, 0.4) is 0 Å². The van der Waals surface area contributed by atoms with E-state index in [4.69, 9.17) is 9.84 Å². The molecule has 0 unspecified atom stereocenters. The van der Waals surface area contributed by atoms with Crippen molar-refractivity contribution in [2.75, 3.05) is 4.90 Å². The minimum atomic E-state index is -1.10. The summed E-state index contributed by atoms with van der Waals surface area (Å²) in [4.78, 5) is 37.1. The maximum Gasteiger partial charge on any atom is 0.335 e. The highest BCUT2D eigenvalue weighted by molar-refractivity contribution is 6.23. The lowest BCUT2D eigenvalue weighted by Crippen LogP contribution is -2.34. The number of amides is 2. The van der Waals surface area contributed by atoms with Crippen molar-refractivity contribution in [3.8, 4) is 0 Å². The molecule has 2 fully saturated rings. The summed E-state index contributed by atoms with van der Waals surface area (Å²) in [7, 11) is 0. The van der Waals surface area contributed by atoms with E-state index in [9.17, 15) is 14.4 Å². The zero-order valence-corrected chi connectivity index (χ0v) is 10.8. The number of anilines is 1. The Hall–Kier alpha value is -2.47. The summed E-state index contributed by atoms with van der Waals surface area (Å²) in [6.07, 6.45) is 2.94. The minimum Gasteiger partial charge on any atom is -0.478 e. The fraction of sp³-hybridized carbons (Fsp3) is 0.267. The molecule has 1 aromatic carbocycles. The number of aromatic carboxylic acids is 1. The third-order valence-corrected chi connectivity index (χ3v) is 4.26. The van der Waals surface area contributed by atoms with Crippen molar-refractivity contribution in [2.45, 2.75) is 12.2 Å². The van der Waals surface area contributed by atoms with Gasteiger partial charge >= 0.3 is 5.97 Å². The van der Waals surface area contributed by atoms with Crippen molar-refractivity contribution in [3.63, 3.8) is 0 Å². The van der Waals surface area contributed by atoms with Crippen LogP contribution in [0.2, 0.25) is 0 Å². The van der Waals surface area contributed by atoms with Gasteiger partial charge in [0.15, 0.2) is 0 Å². The normalized spacial score (nSPS) is 32.9. The van der Waals surface area contributed by atoms with Crippen molar-refractivity contribution in [1.29, 1.82) is 0 Å². The Morgan fingerprint density at radius 1 is 1.10 bits per heavy atom. The second-order valence-corrected chi connectivity index (χ2v) is 5.37. The van der Waals surface area contributed by atoms with E-state index >= 15 is 0 Å². The third kappa shape index (κ3) is 1.53. The highest BCUT2D eigenvalue weighted by Crippen LogP contribution is 2.46. The summed E-state index contributed by atoms with van der Waals surface area (Å²) in [6.45, 7) is 0. The number of imide groups is 1. The fourth-order valence-corrected chi connectivity index (χ4v) is 3.34. The molecule has 6 nitrogen and oxygen atoms in total. The SMILES string of the molecule is O=C(O)c1cccc(N2C(=O)[C@@H]3[C@@H](C2=O)[C@H]2C=C[C@H]3O2)c1. The van der Waals surface area contributed by atoms with E-state index in [0.29, 0.717) is 5.69 Å². The van der Waals surface area contributed by atoms with Gasteiger partial charge in [-0.2, -0.15) is 0 Å². The van der Waals surface area contributed by atoms with Crippen LogP contribution in [-0.4, -0.2) is 35.1 Å². The van der Waals surface area contributed by atoms with Gasteiger partial charge in [-0.3, -0.25) is 9.59 Å². The van der Waals surface area contributed by atoms with E-state index in [1.807, 2.05) is 12.2 Å². The molecule has 0 spiro atoms. The molecule has 2 bridgehead atoms. The summed E-state index contributed by atoms with van der Waals surface area (Å²) in [5, 5.41) is 9.02. The minimum absolute atomic E-state index is 0.0440. The standard InChI is InChI=1S/C15H11NO5/c17-13-11-9-4-5-10(21-9)12(11)14(18)16(13)8-3-1-2-7(6-8)15(19)20/h1-6,9-12H,(H,19,20)/t9-,10-,11+,12+/m1/s1. The van der Waals surface area contributed by atoms with Crippen LogP contribution in [0, 0.1) is 11.8 Å². The van der Waals surface area contributed by atoms with Crippen molar-refractivity contribution >= 4 is 23.5 Å². The molecule has 2 amide bonds. The second-order valence-electron chi connectivity index (χ2n) is 5.37. The Bertz CT molecular complexity index is 680. The molecule has 106 valence electrons. The van der Waals surface area contributed by atoms with Crippen LogP contribution in [0.4, 0.5) is 5.69 Å². The van der Waals surface area contributed by atoms with E-state index < -0.39 is 17.8 Å². The average Bonchev–Trinajstić information content (AvgIpc) is 3.13. The maximum atomic E-state index is 12.5. The number of carbonyl (C=O) groups is 3. The van der Waals surface area contributed by atoms with Gasteiger partial charge in [0.1, 0.15) is 0 Å². The van der Waals surface area contributed by atoms with Gasteiger partial charge in [-0.15, -0.1) is 0 Å². The molecular formula is C15H11NO5. The van der Waals surface area contributed by atoms with Crippen LogP contribution < -0.4 is 4.90 Å². The van der Waals surface area contributed by atoms with Crippen LogP contribution in [0.25, 0.3) is 0 Å². The largest absolute Gasteiger partial charge is 0.478 e. The molecule has 3 aliphatic rings. The number of carboxylic acids is 1. The number of hydrogen-bond acceptors (Lipinski definition) is 4. The number of carboxylic acid groups (broad SMARTS) is 1. The van der Waals surface area contributed by atoms with Gasteiger partial charge < -0.3 is 9.84 Å². The lowest BCUT2D eigenvalue weighted by atomic mass is 9.85. The Morgan fingerprint density at radius 3 is 2.29 bits per heavy atom. The van der Waals surface area contributed by atoms with Gasteiger partial charge in [-0.05, 0) is 18.2 Å². The summed E-state index contributed by atoms with van der Waals surface area (Å²) < 4.78 is 5.55. The topological polar surface area (TPSA) is 83.9 Å². The molecule has 1 aromatic rings. The first-order valence-electron chi connectivity index (χ1n) is 6.63. The Balaban J connectivity index is 1.74. The lowest BCUT2D eigenvalue weighted by molar-refractivity contribution is -0.124. The summed E-state index contributed by atoms with van der Waals surface area (Å²) in [5.41, 5.74) is 0.348. The van der Waals surface area contributed by atoms with Crippen LogP contribution in [-0.2, 0) is 14.3 Å². The predicted octanol–water partition coefficient (Wildman–Crippen LogP) is 0.828. The van der Waals surface area contributed by atoms with Gasteiger partial charge in [0.2, 0.25) is 11.8 Å². The molecule has 4 rings (SSSR count). The van der Waals surface area contributed by atoms with Gasteiger partial charge in [-0.25, -0.2) is 9.69 Å². The highest BCUT2D eigenvalue weighted by Gasteiger charge is 2.61. The van der Waals surface area contributed by atoms with Gasteiger partial charge in [0.05, 0.1) is 35.3 Å². The van der Waals surface area contributed by atoms with Crippen molar-refractivity contribution in [3.05, 3.63) is 42.0 Å². The van der Waals surface area contributed by atoms with Gasteiger partial charge in [0, 0.05) is 0 Å². The highest BCUT2D eigenvalue weighted by atomic mass is 16.5. The number of nitrogens with zero attached hydrogens (tertiary/aromatic N) is 1. The predicted molar refractivity (Wildman–Crippen MR) is 70.7 cm³/mol. The number of carbonyl (C=O) groups excluding carboxylic acids is 2. The summed E-state index contributed by atoms with van der Waals surface area (Å²) in [5.74, 6) is -2.70. The quantitative estimate of drug-likeness (QED) is 0.642. The molecule has 21 heavy (non-hydrogen) atoms. The molecule has 3 aliphatic heterocycles. The van der Waals surface area contributed by atoms with Crippen LogP contribution >= 0.6 is 0 Å². The monoisotopic (exact) mass is 285 g/mol. The molecule has 6 heteroatoms. The Morgan fingerprint density at radius 2 is 1.71 bits per heavy atom. The van der Waals surface area contributed by atoms with Crippen LogP contribution in [0.15, 0.2) is 36.4 Å². The molecular weight excluding hydrogens is 274 g/mol. The number of ether oxygens (including phenoxy) is 1. The van der Waals surface area contributed by atoms with Crippen LogP contribution in [0.5, 0.6) is 0 Å². The number of benzene rings is 1. The second kappa shape index (κ2) is 4.02. The van der Waals surface area contributed by atoms with Gasteiger partial charge in [-0.1, -0.05) is 18.2 Å². The average molecular weight is 285 g/mol. The van der Waals surface area contributed by atoms with E-state index in [0.717, 1.165) is 4.90 Å². The van der Waals surface area contributed by atoms with E-state index in [1.54, 1.807) is 6.07 Å². The number of fused-ring (bicyclic) bond motifs is 5. The molecule has 4 atom stereocenters. The lowest BCUT2D eigenvalue weighted by Gasteiger charge is -2.17. The number of hydrogen-bond donors (Lipinski definition) is 1. The first kappa shape index (κ1) is 12.3. The smallest absolute Gasteiger partial charge is 0.335 e. The molecule has 1 N–H and O–H groups in total. The van der Waals surface area contributed by atoms with Crippen LogP contribution in [0.1, 0.15) is 10.4 Å². The first-order valence-corrected chi connectivity index (χ1v) is 6.63. The zero-order valence-electron chi connectivity index (χ0n) is 10.8. The van der Waals surface area contributed by atoms with Crippen molar-refractivity contribution in [1.82, 2.24) is 0 Å². The summed E-state index contributed by atoms with van der Waals surface area (Å²) in [6, 6.07) is 5.86. The Labute approximate surface area is 119 Å². The molecule has 0 aromatic heterocycles. The Kier molecular flexibility index (Phi) is 2.35. The zero-order chi connectivity index (χ0) is 14.7. The van der Waals surface area contributed by atoms with E-state index in [1.165, 1.54) is 18.2 Å². The summed E-state index contributed by atoms with van der Waals surface area (Å²) >= 11 is 0. The van der Waals surface area contributed by atoms with E-state index in [2.05, 4.69) is 0 Å². The van der Waals surface area contributed by atoms with Crippen molar-refractivity contribution < 1.29 is 24.2 Å². The molecule has 2 saturated heterocycles. The van der Waals surface area contributed by atoms with Gasteiger partial charge in [0.25, 0.3) is 0 Å². The third-order valence-electron chi connectivity index (χ3n) is 4.26. The van der Waals surface area contributed by atoms with Crippen molar-refractivity contribution in [2.24, 2.45) is 11.8 Å². The fourth-order valence-electron chi connectivity index (χ4n) is 3.34. The maximum absolute atomic E-state index is 12.5. The first-order chi connectivity index (χ1) is 10.1. The molecule has 3 heterocycles. The number of rotatable bonds is 2. The van der Waals surface area contributed by atoms with E-state index in [-0.39, 0.29) is 29.6 Å². The molecule has 0 radical (unpaired) electrons.